The van der Waals surface area contributed by atoms with Gasteiger partial charge in [0, 0.05) is 22.3 Å². The van der Waals surface area contributed by atoms with E-state index in [1.165, 1.54) is 21.9 Å². The number of likely N-dealkylation sites (N-methyl/N-ethyl adjacent to an activating group) is 2. The van der Waals surface area contributed by atoms with Gasteiger partial charge in [-0.15, -0.1) is 13.2 Å². The van der Waals surface area contributed by atoms with E-state index in [4.69, 9.17) is 9.47 Å². The fraction of sp³-hybridized carbons (Fsp3) is 0.240. The van der Waals surface area contributed by atoms with Gasteiger partial charge in [-0.05, 0) is 60.7 Å². The third kappa shape index (κ3) is 20.4. The third-order valence-electron chi connectivity index (χ3n) is 8.91. The largest absolute Gasteiger partial charge is 2.00 e. The molecule has 0 radical (unpaired) electrons. The monoisotopic (exact) mass is 860 g/mol. The molecule has 0 aromatic heterocycles. The first-order chi connectivity index (χ1) is 29.1. The number of nitrogens with one attached hydrogen (secondary N) is 4. The van der Waals surface area contributed by atoms with Crippen molar-refractivity contribution in [2.45, 2.75) is 13.2 Å². The van der Waals surface area contributed by atoms with Crippen molar-refractivity contribution >= 4 is 57.5 Å². The van der Waals surface area contributed by atoms with Crippen LogP contribution in [-0.4, -0.2) is 126 Å². The van der Waals surface area contributed by atoms with Crippen molar-refractivity contribution in [2.24, 2.45) is 0 Å². The maximum atomic E-state index is 12.4. The minimum Gasteiger partial charge on any atom is -0.872 e. The number of benzene rings is 6. The van der Waals surface area contributed by atoms with Crippen molar-refractivity contribution in [2.75, 3.05) is 68.6 Å². The van der Waals surface area contributed by atoms with Crippen LogP contribution >= 0.6 is 0 Å². The van der Waals surface area contributed by atoms with E-state index in [0.717, 1.165) is 59.9 Å². The summed E-state index contributed by atoms with van der Waals surface area (Å²) in [6, 6.07) is 48.8. The standard InChI is InChI=1S/2C18H22N2O2.2C7H7O.2Mg/c2*1-20(2)12-11-19-18(14-7-5-4-6-8-14)16-10-9-15(22-3)13-17(16)21;2*8-6-7-4-2-1-3-5-7;;/h2*4-10,13,21H,11-12H2,1-3H3;2*1-5H,6H2;;/q;;2*-1;2*+2/p+2. The molecule has 0 amide bonds. The molecule has 0 unspecified atom stereocenters. The molecule has 6 aromatic rings. The van der Waals surface area contributed by atoms with Crippen LogP contribution in [0.25, 0.3) is 0 Å². The van der Waals surface area contributed by atoms with Gasteiger partial charge in [0.2, 0.25) is 11.4 Å². The predicted molar refractivity (Wildman–Crippen MR) is 243 cm³/mol. The van der Waals surface area contributed by atoms with Crippen molar-refractivity contribution in [3.63, 3.8) is 0 Å². The van der Waals surface area contributed by atoms with E-state index in [1.54, 1.807) is 14.2 Å². The molecule has 0 aliphatic carbocycles. The van der Waals surface area contributed by atoms with Gasteiger partial charge in [-0.3, -0.25) is 0 Å². The molecular weight excluding hydrogens is 801 g/mol. The molecule has 62 heavy (non-hydrogen) atoms. The molecule has 12 heteroatoms. The number of quaternary nitrogens is 2. The number of hydrogen-bond acceptors (Lipinski definition) is 6. The number of methoxy groups -OCH3 is 2. The molecule has 0 bridgehead atoms. The van der Waals surface area contributed by atoms with Crippen LogP contribution in [-0.2, 0) is 13.2 Å². The van der Waals surface area contributed by atoms with Gasteiger partial charge in [0.1, 0.15) is 24.6 Å². The zero-order valence-electron chi connectivity index (χ0n) is 37.1. The van der Waals surface area contributed by atoms with Crippen molar-refractivity contribution < 1.29 is 49.7 Å². The fourth-order valence-corrected chi connectivity index (χ4v) is 5.61. The normalized spacial score (nSPS) is 10.7. The van der Waals surface area contributed by atoms with Crippen LogP contribution in [0.4, 0.5) is 0 Å². The van der Waals surface area contributed by atoms with Gasteiger partial charge < -0.3 is 39.7 Å². The summed E-state index contributed by atoms with van der Waals surface area (Å²) in [5.74, 6) is 1.09. The second kappa shape index (κ2) is 32.0. The molecule has 316 valence electrons. The van der Waals surface area contributed by atoms with Crippen LogP contribution in [0, 0.1) is 0 Å². The topological polar surface area (TPSA) is 148 Å². The second-order valence-corrected chi connectivity index (χ2v) is 14.2. The third-order valence-corrected chi connectivity index (χ3v) is 8.91. The molecule has 0 spiro atoms. The fourth-order valence-electron chi connectivity index (χ4n) is 5.61. The number of hydrogen-bond donors (Lipinski definition) is 4. The smallest absolute Gasteiger partial charge is 0.872 e. The summed E-state index contributed by atoms with van der Waals surface area (Å²) in [7, 11) is 11.6. The van der Waals surface area contributed by atoms with Crippen molar-refractivity contribution in [1.29, 1.82) is 0 Å². The summed E-state index contributed by atoms with van der Waals surface area (Å²) in [5.41, 5.74) is 6.81. The Morgan fingerprint density at radius 3 is 1.02 bits per heavy atom. The minimum absolute atomic E-state index is 0. The Labute approximate surface area is 400 Å². The van der Waals surface area contributed by atoms with Crippen molar-refractivity contribution in [3.05, 3.63) is 191 Å². The molecule has 0 saturated heterocycles. The van der Waals surface area contributed by atoms with E-state index in [-0.39, 0.29) is 70.8 Å². The van der Waals surface area contributed by atoms with Gasteiger partial charge >= 0.3 is 46.1 Å². The summed E-state index contributed by atoms with van der Waals surface area (Å²) >= 11 is 0. The predicted octanol–water partition coefficient (Wildman–Crippen LogP) is -2.01. The molecule has 0 heterocycles. The maximum absolute atomic E-state index is 12.4. The average molecular weight is 862 g/mol. The zero-order valence-corrected chi connectivity index (χ0v) is 39.9. The van der Waals surface area contributed by atoms with E-state index >= 15 is 0 Å². The van der Waals surface area contributed by atoms with Gasteiger partial charge in [0.05, 0.1) is 42.4 Å². The Morgan fingerprint density at radius 2 is 0.774 bits per heavy atom. The maximum Gasteiger partial charge on any atom is 2.00 e. The summed E-state index contributed by atoms with van der Waals surface area (Å²) in [6.07, 6.45) is 0. The number of rotatable bonds is 14. The van der Waals surface area contributed by atoms with Gasteiger partial charge in [-0.1, -0.05) is 120 Å². The zero-order chi connectivity index (χ0) is 43.5. The van der Waals surface area contributed by atoms with E-state index in [2.05, 4.69) is 38.2 Å². The van der Waals surface area contributed by atoms with Crippen LogP contribution < -0.4 is 49.7 Å². The van der Waals surface area contributed by atoms with Crippen LogP contribution in [0.3, 0.4) is 0 Å². The number of ether oxygens (including phenoxy) is 2. The van der Waals surface area contributed by atoms with E-state index in [1.807, 2.05) is 146 Å². The summed E-state index contributed by atoms with van der Waals surface area (Å²) in [5, 5.41) is 45.0. The molecular formula is C50H60Mg2N4O6+4. The van der Waals surface area contributed by atoms with E-state index in [9.17, 15) is 20.4 Å². The van der Waals surface area contributed by atoms with E-state index in [0.29, 0.717) is 22.6 Å². The Morgan fingerprint density at radius 1 is 0.468 bits per heavy atom. The molecule has 0 fully saturated rings. The van der Waals surface area contributed by atoms with Crippen LogP contribution in [0.15, 0.2) is 158 Å². The molecule has 0 aliphatic heterocycles. The van der Waals surface area contributed by atoms with Crippen molar-refractivity contribution in [3.8, 4) is 23.0 Å². The molecule has 6 aromatic carbocycles. The van der Waals surface area contributed by atoms with Crippen molar-refractivity contribution in [1.82, 2.24) is 0 Å². The van der Waals surface area contributed by atoms with Gasteiger partial charge in [-0.2, -0.15) is 0 Å². The van der Waals surface area contributed by atoms with Crippen LogP contribution in [0.1, 0.15) is 33.4 Å². The van der Waals surface area contributed by atoms with Gasteiger partial charge in [0.15, 0.2) is 13.1 Å². The average Bonchev–Trinajstić information content (AvgIpc) is 3.28. The van der Waals surface area contributed by atoms with Gasteiger partial charge in [-0.25, -0.2) is 9.98 Å². The molecule has 0 atom stereocenters. The first-order valence-corrected chi connectivity index (χ1v) is 20.0. The van der Waals surface area contributed by atoms with Crippen LogP contribution in [0.2, 0.25) is 0 Å². The SMILES string of the molecule is COc1ccc(C(=[NH+]CC[NH+](C)C)c2ccccc2)c([O-])c1.COc1ccc(C(=[NH+]CC[NH+](C)C)c2ccccc2)c([O-])c1.[Mg+2].[Mg+2].[O-]Cc1ccccc1.[O-]Cc1ccccc1. The summed E-state index contributed by atoms with van der Waals surface area (Å²) in [4.78, 5) is 9.55. The Kier molecular flexibility index (Phi) is 28.5. The molecule has 0 aliphatic rings. The first kappa shape index (κ1) is 55.2. The Balaban J connectivity index is 0.000000448. The Hall–Kier alpha value is -4.77. The Bertz CT molecular complexity index is 1990. The summed E-state index contributed by atoms with van der Waals surface area (Å²) in [6.45, 7) is 3.33. The molecule has 0 saturated carbocycles. The molecule has 6 rings (SSSR count). The molecule has 4 N–H and O–H groups in total. The minimum atomic E-state index is -0.110. The first-order valence-electron chi connectivity index (χ1n) is 20.0. The second-order valence-electron chi connectivity index (χ2n) is 14.2. The van der Waals surface area contributed by atoms with E-state index < -0.39 is 0 Å². The molecule has 10 nitrogen and oxygen atoms in total. The van der Waals surface area contributed by atoms with Crippen LogP contribution in [0.5, 0.6) is 23.0 Å². The van der Waals surface area contributed by atoms with Gasteiger partial charge in [0.25, 0.3) is 0 Å². The quantitative estimate of drug-likeness (QED) is 0.0737. The summed E-state index contributed by atoms with van der Waals surface area (Å²) < 4.78 is 10.2.